The molecule has 0 radical (unpaired) electrons. The van der Waals surface area contributed by atoms with Crippen LogP contribution in [-0.4, -0.2) is 5.09 Å². The minimum atomic E-state index is -1.75. The molecule has 0 saturated heterocycles. The summed E-state index contributed by atoms with van der Waals surface area (Å²) in [5.74, 6) is 0. The van der Waals surface area contributed by atoms with Gasteiger partial charge in [-0.3, -0.25) is 0 Å². The Hall–Kier alpha value is -2.71. The third kappa shape index (κ3) is 4.18. The highest BCUT2D eigenvalue weighted by molar-refractivity contribution is 7.19. The fraction of sp³-hybridized carbons (Fsp3) is 0.0526. The van der Waals surface area contributed by atoms with Gasteiger partial charge in [0.05, 0.1) is 5.09 Å². The van der Waals surface area contributed by atoms with Crippen molar-refractivity contribution >= 4 is 9.24 Å². The summed E-state index contributed by atoms with van der Waals surface area (Å²) in [6.07, 6.45) is 0. The molecule has 1 atom stereocenters. The van der Waals surface area contributed by atoms with Gasteiger partial charge in [0.25, 0.3) is 0 Å². The van der Waals surface area contributed by atoms with Crippen LogP contribution in [0.3, 0.4) is 0 Å². The second-order valence-electron chi connectivity index (χ2n) is 5.23. The summed E-state index contributed by atoms with van der Waals surface area (Å²) in [4.78, 5) is 8.25. The van der Waals surface area contributed by atoms with Crippen molar-refractivity contribution in [1.82, 2.24) is 0 Å². The van der Waals surface area contributed by atoms with Crippen LogP contribution < -0.4 is 0 Å². The molecule has 0 amide bonds. The summed E-state index contributed by atoms with van der Waals surface area (Å²) >= 11 is 0. The van der Waals surface area contributed by atoms with Gasteiger partial charge in [-0.25, -0.2) is 0 Å². The lowest BCUT2D eigenvalue weighted by molar-refractivity contribution is -0.402. The van der Waals surface area contributed by atoms with Crippen molar-refractivity contribution in [2.45, 2.75) is 5.16 Å². The molecule has 0 bridgehead atoms. The Morgan fingerprint density at radius 3 is 1.04 bits per heavy atom. The minimum Gasteiger partial charge on any atom is -0.356 e. The van der Waals surface area contributed by atoms with Crippen LogP contribution in [0.5, 0.6) is 0 Å². The maximum Gasteiger partial charge on any atom is 0.147 e. The van der Waals surface area contributed by atoms with E-state index in [1.165, 1.54) is 16.7 Å². The lowest BCUT2D eigenvalue weighted by Gasteiger charge is -2.26. The quantitative estimate of drug-likeness (QED) is 0.308. The Kier molecular flexibility index (Phi) is 6.05. The Morgan fingerprint density at radius 2 is 0.833 bits per heavy atom. The summed E-state index contributed by atoms with van der Waals surface area (Å²) in [5.41, 5.74) is 3.99. The smallest absolute Gasteiger partial charge is 0.147 e. The van der Waals surface area contributed by atoms with E-state index in [0.29, 0.717) is 0 Å². The largest absolute Gasteiger partial charge is 0.356 e. The summed E-state index contributed by atoms with van der Waals surface area (Å²) in [6.45, 7) is 0. The summed E-state index contributed by atoms with van der Waals surface area (Å²) in [7, 11) is 2.05. The Bertz CT molecular complexity index is 664. The van der Waals surface area contributed by atoms with Crippen molar-refractivity contribution in [3.63, 3.8) is 0 Å². The Balaban J connectivity index is 0.000000471. The van der Waals surface area contributed by atoms with Crippen LogP contribution in [0.2, 0.25) is 0 Å². The van der Waals surface area contributed by atoms with E-state index in [4.69, 9.17) is 15.3 Å². The lowest BCUT2D eigenvalue weighted by Crippen LogP contribution is -2.21. The van der Waals surface area contributed by atoms with Gasteiger partial charge in [-0.15, -0.1) is 0 Å². The molecule has 3 aromatic carbocycles. The predicted octanol–water partition coefficient (Wildman–Crippen LogP) is 4.35. The Labute approximate surface area is 143 Å². The van der Waals surface area contributed by atoms with Crippen molar-refractivity contribution in [3.8, 4) is 0 Å². The number of hydrogen-bond donors (Lipinski definition) is 0. The van der Waals surface area contributed by atoms with E-state index < -0.39 is 5.09 Å². The number of benzene rings is 3. The SMILES string of the molecule is O=[N+]([O-])[O-].[PH3+]C(c1ccccc1)(c1ccccc1)c1ccccc1. The predicted molar refractivity (Wildman–Crippen MR) is 101 cm³/mol. The van der Waals surface area contributed by atoms with Crippen LogP contribution in [0.15, 0.2) is 91.0 Å². The fourth-order valence-corrected chi connectivity index (χ4v) is 3.38. The molecule has 0 aliphatic carbocycles. The van der Waals surface area contributed by atoms with E-state index in [-0.39, 0.29) is 5.16 Å². The standard InChI is InChI=1S/C19H17P.NO3/c20-19(16-10-4-1-5-11-16,17-12-6-2-7-13-17)18-14-8-3-9-15-18;2-1(3)4/h1-15H,20H2;/q;-1/p+1. The van der Waals surface area contributed by atoms with Crippen LogP contribution in [0.25, 0.3) is 0 Å². The minimum absolute atomic E-state index is 0.0935. The number of nitrogens with zero attached hydrogens (tertiary/aromatic N) is 1. The fourth-order valence-electron chi connectivity index (χ4n) is 2.67. The first-order chi connectivity index (χ1) is 11.5. The molecule has 122 valence electrons. The van der Waals surface area contributed by atoms with E-state index in [2.05, 4.69) is 91.0 Å². The van der Waals surface area contributed by atoms with Gasteiger partial charge in [0.2, 0.25) is 0 Å². The zero-order chi connectivity index (χ0) is 17.4. The molecule has 3 aromatic rings. The molecule has 24 heavy (non-hydrogen) atoms. The first kappa shape index (κ1) is 17.6. The van der Waals surface area contributed by atoms with Gasteiger partial charge >= 0.3 is 0 Å². The second-order valence-corrected chi connectivity index (χ2v) is 6.29. The molecule has 1 unspecified atom stereocenters. The van der Waals surface area contributed by atoms with Gasteiger partial charge in [-0.1, -0.05) is 91.0 Å². The molecule has 0 aliphatic rings. The van der Waals surface area contributed by atoms with Crippen molar-refractivity contribution in [2.75, 3.05) is 0 Å². The van der Waals surface area contributed by atoms with E-state index >= 15 is 0 Å². The molecule has 5 heteroatoms. The van der Waals surface area contributed by atoms with Crippen molar-refractivity contribution in [2.24, 2.45) is 0 Å². The molecule has 0 fully saturated rings. The van der Waals surface area contributed by atoms with Crippen molar-refractivity contribution in [1.29, 1.82) is 0 Å². The van der Waals surface area contributed by atoms with Gasteiger partial charge < -0.3 is 15.3 Å². The van der Waals surface area contributed by atoms with Gasteiger partial charge in [0, 0.05) is 16.7 Å². The molecule has 0 heterocycles. The monoisotopic (exact) mass is 339 g/mol. The Morgan fingerprint density at radius 1 is 0.625 bits per heavy atom. The third-order valence-electron chi connectivity index (χ3n) is 3.80. The highest BCUT2D eigenvalue weighted by Crippen LogP contribution is 2.44. The molecule has 0 N–H and O–H groups in total. The normalized spacial score (nSPS) is 10.5. The summed E-state index contributed by atoms with van der Waals surface area (Å²) in [5, 5.41) is 14.7. The van der Waals surface area contributed by atoms with Crippen LogP contribution in [-0.2, 0) is 5.16 Å². The van der Waals surface area contributed by atoms with Gasteiger partial charge in [-0.05, 0) is 9.24 Å². The van der Waals surface area contributed by atoms with Crippen LogP contribution in [0, 0.1) is 15.3 Å². The van der Waals surface area contributed by atoms with E-state index in [1.807, 2.05) is 9.24 Å². The molecule has 0 spiro atoms. The average molecular weight is 339 g/mol. The lowest BCUT2D eigenvalue weighted by atomic mass is 9.84. The summed E-state index contributed by atoms with van der Waals surface area (Å²) in [6, 6.07) is 32.2. The maximum absolute atomic E-state index is 8.25. The van der Waals surface area contributed by atoms with Gasteiger partial charge in [-0.2, -0.15) is 0 Å². The zero-order valence-electron chi connectivity index (χ0n) is 13.0. The topological polar surface area (TPSA) is 66.2 Å². The zero-order valence-corrected chi connectivity index (χ0v) is 14.5. The van der Waals surface area contributed by atoms with E-state index in [1.54, 1.807) is 0 Å². The highest BCUT2D eigenvalue weighted by Gasteiger charge is 2.35. The third-order valence-corrected chi connectivity index (χ3v) is 5.02. The molecular formula is C19H18NO3P. The van der Waals surface area contributed by atoms with Crippen molar-refractivity contribution in [3.05, 3.63) is 123 Å². The van der Waals surface area contributed by atoms with Gasteiger partial charge in [0.15, 0.2) is 0 Å². The first-order valence-electron chi connectivity index (χ1n) is 7.38. The second kappa shape index (κ2) is 8.23. The van der Waals surface area contributed by atoms with Crippen LogP contribution in [0.4, 0.5) is 0 Å². The maximum atomic E-state index is 8.25. The molecule has 3 rings (SSSR count). The molecule has 0 saturated carbocycles. The molecule has 4 nitrogen and oxygen atoms in total. The van der Waals surface area contributed by atoms with Crippen LogP contribution in [0.1, 0.15) is 16.7 Å². The van der Waals surface area contributed by atoms with Crippen molar-refractivity contribution < 1.29 is 5.09 Å². The summed E-state index contributed by atoms with van der Waals surface area (Å²) < 4.78 is 0. The number of rotatable bonds is 3. The van der Waals surface area contributed by atoms with Crippen LogP contribution >= 0.6 is 9.24 Å². The molecule has 0 aromatic heterocycles. The molecular weight excluding hydrogens is 321 g/mol. The number of hydrogen-bond acceptors (Lipinski definition) is 3. The molecule has 0 aliphatic heterocycles. The van der Waals surface area contributed by atoms with Gasteiger partial charge in [0.1, 0.15) is 5.16 Å². The van der Waals surface area contributed by atoms with E-state index in [0.717, 1.165) is 0 Å². The first-order valence-corrected chi connectivity index (χ1v) is 8.09. The average Bonchev–Trinajstić information content (AvgIpc) is 2.63. The highest BCUT2D eigenvalue weighted by atomic mass is 31.0. The van der Waals surface area contributed by atoms with E-state index in [9.17, 15) is 0 Å².